The summed E-state index contributed by atoms with van der Waals surface area (Å²) >= 11 is 0. The van der Waals surface area contributed by atoms with Crippen molar-refractivity contribution in [1.29, 1.82) is 0 Å². The van der Waals surface area contributed by atoms with Gasteiger partial charge < -0.3 is 0 Å². The van der Waals surface area contributed by atoms with Gasteiger partial charge >= 0.3 is 0 Å². The quantitative estimate of drug-likeness (QED) is 0.112. The van der Waals surface area contributed by atoms with E-state index in [-0.39, 0.29) is 0 Å². The molecule has 0 spiro atoms. The molecule has 2 aromatic rings. The Balaban J connectivity index is 1.48. The topological polar surface area (TPSA) is 25.8 Å². The van der Waals surface area contributed by atoms with Crippen LogP contribution in [0.1, 0.15) is 173 Å². The van der Waals surface area contributed by atoms with Crippen molar-refractivity contribution in [3.05, 3.63) is 47.8 Å². The number of aryl methyl sites for hydroxylation is 2. The van der Waals surface area contributed by atoms with E-state index >= 15 is 0 Å². The molecule has 0 aliphatic rings. The minimum atomic E-state index is 0.856. The number of hydrogen-bond donors (Lipinski definition) is 0. The maximum absolute atomic E-state index is 4.67. The average Bonchev–Trinajstić information content (AvgIpc) is 2.97. The summed E-state index contributed by atoms with van der Waals surface area (Å²) in [5.41, 5.74) is 3.85. The fraction of sp³-hybridized carbons (Fsp3) is 0.730. The Labute approximate surface area is 243 Å². The third kappa shape index (κ3) is 17.6. The van der Waals surface area contributed by atoms with Crippen LogP contribution in [0.5, 0.6) is 0 Å². The fourth-order valence-electron chi connectivity index (χ4n) is 5.62. The highest BCUT2D eigenvalue weighted by atomic mass is 14.9. The molecule has 1 aromatic carbocycles. The van der Waals surface area contributed by atoms with E-state index in [1.807, 2.05) is 12.4 Å². The lowest BCUT2D eigenvalue weighted by atomic mass is 10.0. The number of unbranched alkanes of at least 4 members (excludes halogenated alkanes) is 21. The molecule has 0 atom stereocenters. The largest absolute Gasteiger partial charge is 0.236 e. The van der Waals surface area contributed by atoms with E-state index in [9.17, 15) is 0 Å². The molecule has 2 nitrogen and oxygen atoms in total. The van der Waals surface area contributed by atoms with Crippen molar-refractivity contribution in [3.63, 3.8) is 0 Å². The molecule has 0 aliphatic heterocycles. The number of rotatable bonds is 26. The van der Waals surface area contributed by atoms with E-state index in [4.69, 9.17) is 0 Å². The van der Waals surface area contributed by atoms with Crippen LogP contribution in [0.3, 0.4) is 0 Å². The van der Waals surface area contributed by atoms with Crippen molar-refractivity contribution in [2.45, 2.75) is 174 Å². The minimum absolute atomic E-state index is 0.856. The van der Waals surface area contributed by atoms with Gasteiger partial charge in [-0.15, -0.1) is 0 Å². The second-order valence-corrected chi connectivity index (χ2v) is 12.0. The van der Waals surface area contributed by atoms with Crippen LogP contribution in [-0.4, -0.2) is 9.97 Å². The summed E-state index contributed by atoms with van der Waals surface area (Å²) in [6.45, 7) is 4.59. The average molecular weight is 535 g/mol. The molecule has 0 N–H and O–H groups in total. The van der Waals surface area contributed by atoms with Crippen LogP contribution in [0.2, 0.25) is 0 Å². The van der Waals surface area contributed by atoms with Gasteiger partial charge in [0, 0.05) is 18.0 Å². The number of nitrogens with zero attached hydrogens (tertiary/aromatic N) is 2. The lowest BCUT2D eigenvalue weighted by Gasteiger charge is -2.06. The minimum Gasteiger partial charge on any atom is -0.236 e. The number of hydrogen-bond acceptors (Lipinski definition) is 2. The van der Waals surface area contributed by atoms with Gasteiger partial charge in [0.15, 0.2) is 5.82 Å². The van der Waals surface area contributed by atoms with Gasteiger partial charge in [0.1, 0.15) is 0 Å². The molecule has 220 valence electrons. The van der Waals surface area contributed by atoms with Gasteiger partial charge in [-0.1, -0.05) is 173 Å². The Bertz CT molecular complexity index is 780. The molecule has 2 heteroatoms. The SMILES string of the molecule is CCCCCCCCCCCCCCCCc1cnc(-c2ccc(CCCCCCCCCCC)cc2)nc1. The van der Waals surface area contributed by atoms with E-state index in [2.05, 4.69) is 48.1 Å². The zero-order valence-electron chi connectivity index (χ0n) is 26.0. The van der Waals surface area contributed by atoms with E-state index in [0.29, 0.717) is 0 Å². The van der Waals surface area contributed by atoms with Gasteiger partial charge in [-0.05, 0) is 36.8 Å². The third-order valence-corrected chi connectivity index (χ3v) is 8.31. The van der Waals surface area contributed by atoms with Gasteiger partial charge in [-0.3, -0.25) is 0 Å². The summed E-state index contributed by atoms with van der Waals surface area (Å²) < 4.78 is 0. The Morgan fingerprint density at radius 3 is 1.10 bits per heavy atom. The van der Waals surface area contributed by atoms with Crippen LogP contribution in [0.15, 0.2) is 36.7 Å². The second-order valence-electron chi connectivity index (χ2n) is 12.0. The summed E-state index contributed by atoms with van der Waals surface area (Å²) in [6, 6.07) is 8.94. The molecule has 0 bridgehead atoms. The number of aromatic nitrogens is 2. The lowest BCUT2D eigenvalue weighted by Crippen LogP contribution is -1.94. The standard InChI is InChI=1S/C37H62N2/c1-3-5-7-9-11-13-14-15-16-17-19-21-23-25-27-35-32-38-37(39-33-35)36-30-28-34(29-31-36)26-24-22-20-18-12-10-8-6-4-2/h28-33H,3-27H2,1-2H3. The maximum Gasteiger partial charge on any atom is 0.159 e. The summed E-state index contributed by atoms with van der Waals surface area (Å²) in [6.07, 6.45) is 38.6. The molecule has 0 amide bonds. The van der Waals surface area contributed by atoms with Crippen LogP contribution in [-0.2, 0) is 12.8 Å². The molecule has 39 heavy (non-hydrogen) atoms. The van der Waals surface area contributed by atoms with Gasteiger partial charge in [0.2, 0.25) is 0 Å². The fourth-order valence-corrected chi connectivity index (χ4v) is 5.62. The van der Waals surface area contributed by atoms with Gasteiger partial charge in [-0.25, -0.2) is 9.97 Å². The molecule has 0 fully saturated rings. The molecule has 0 aliphatic carbocycles. The van der Waals surface area contributed by atoms with Crippen LogP contribution in [0.4, 0.5) is 0 Å². The molecule has 1 aromatic heterocycles. The summed E-state index contributed by atoms with van der Waals surface area (Å²) in [7, 11) is 0. The van der Waals surface area contributed by atoms with Crippen molar-refractivity contribution < 1.29 is 0 Å². The molecule has 0 saturated heterocycles. The van der Waals surface area contributed by atoms with Crippen LogP contribution >= 0.6 is 0 Å². The maximum atomic E-state index is 4.67. The van der Waals surface area contributed by atoms with Crippen molar-refractivity contribution >= 4 is 0 Å². The zero-order chi connectivity index (χ0) is 27.6. The zero-order valence-corrected chi connectivity index (χ0v) is 26.0. The van der Waals surface area contributed by atoms with E-state index in [1.54, 1.807) is 0 Å². The first kappa shape index (κ1) is 33.5. The molecule has 1 heterocycles. The first-order valence-corrected chi connectivity index (χ1v) is 17.2. The van der Waals surface area contributed by atoms with Crippen LogP contribution in [0.25, 0.3) is 11.4 Å². The summed E-state index contributed by atoms with van der Waals surface area (Å²) in [4.78, 5) is 9.35. The smallest absolute Gasteiger partial charge is 0.159 e. The third-order valence-electron chi connectivity index (χ3n) is 8.31. The first-order valence-electron chi connectivity index (χ1n) is 17.2. The van der Waals surface area contributed by atoms with Crippen LogP contribution in [0, 0.1) is 0 Å². The van der Waals surface area contributed by atoms with Crippen molar-refractivity contribution in [2.75, 3.05) is 0 Å². The van der Waals surface area contributed by atoms with Crippen molar-refractivity contribution in [2.24, 2.45) is 0 Å². The molecular weight excluding hydrogens is 472 g/mol. The molecule has 0 radical (unpaired) electrons. The predicted octanol–water partition coefficient (Wildman–Crippen LogP) is 12.2. The summed E-state index contributed by atoms with van der Waals surface area (Å²) in [5.74, 6) is 0.856. The van der Waals surface area contributed by atoms with Crippen molar-refractivity contribution in [1.82, 2.24) is 9.97 Å². The first-order chi connectivity index (χ1) is 19.3. The Hall–Kier alpha value is -1.70. The normalized spacial score (nSPS) is 11.3. The second kappa shape index (κ2) is 24.1. The van der Waals surface area contributed by atoms with E-state index < -0.39 is 0 Å². The Morgan fingerprint density at radius 1 is 0.385 bits per heavy atom. The Morgan fingerprint density at radius 2 is 0.718 bits per heavy atom. The highest BCUT2D eigenvalue weighted by Crippen LogP contribution is 2.19. The molecule has 0 unspecified atom stereocenters. The van der Waals surface area contributed by atoms with Crippen LogP contribution < -0.4 is 0 Å². The number of benzene rings is 1. The van der Waals surface area contributed by atoms with Gasteiger partial charge in [0.05, 0.1) is 0 Å². The van der Waals surface area contributed by atoms with E-state index in [0.717, 1.165) is 17.8 Å². The molecule has 0 saturated carbocycles. The highest BCUT2D eigenvalue weighted by molar-refractivity contribution is 5.55. The predicted molar refractivity (Wildman–Crippen MR) is 172 cm³/mol. The highest BCUT2D eigenvalue weighted by Gasteiger charge is 2.03. The van der Waals surface area contributed by atoms with Gasteiger partial charge in [0.25, 0.3) is 0 Å². The monoisotopic (exact) mass is 534 g/mol. The Kier molecular flexibility index (Phi) is 20.7. The van der Waals surface area contributed by atoms with Crippen molar-refractivity contribution in [3.8, 4) is 11.4 Å². The summed E-state index contributed by atoms with van der Waals surface area (Å²) in [5, 5.41) is 0. The van der Waals surface area contributed by atoms with Gasteiger partial charge in [-0.2, -0.15) is 0 Å². The molecule has 2 rings (SSSR count). The lowest BCUT2D eigenvalue weighted by molar-refractivity contribution is 0.535. The molecular formula is C37H62N2. The van der Waals surface area contributed by atoms with E-state index in [1.165, 1.54) is 165 Å².